The molecule has 2 heterocycles. The first kappa shape index (κ1) is 8.69. The van der Waals surface area contributed by atoms with Crippen LogP contribution in [0.2, 0.25) is 0 Å². The van der Waals surface area contributed by atoms with Crippen LogP contribution in [0.25, 0.3) is 0 Å². The van der Waals surface area contributed by atoms with E-state index in [1.807, 2.05) is 0 Å². The lowest BCUT2D eigenvalue weighted by atomic mass is 10.2. The van der Waals surface area contributed by atoms with E-state index < -0.39 is 0 Å². The summed E-state index contributed by atoms with van der Waals surface area (Å²) in [5, 5.41) is 8.30. The molecule has 0 saturated heterocycles. The lowest BCUT2D eigenvalue weighted by Crippen LogP contribution is -2.23. The highest BCUT2D eigenvalue weighted by atomic mass is 16.5. The van der Waals surface area contributed by atoms with Crippen LogP contribution in [0.5, 0.6) is 0 Å². The molecule has 0 fully saturated rings. The van der Waals surface area contributed by atoms with Gasteiger partial charge in [0, 0.05) is 5.92 Å². The summed E-state index contributed by atoms with van der Waals surface area (Å²) in [5.74, 6) is 2.47. The number of hydrogen-bond acceptors (Lipinski definition) is 3. The molecule has 0 bridgehead atoms. The van der Waals surface area contributed by atoms with Gasteiger partial charge in [0.05, 0.1) is 12.6 Å². The number of nitrogens with zero attached hydrogens (tertiary/aromatic N) is 3. The van der Waals surface area contributed by atoms with E-state index in [-0.39, 0.29) is 0 Å². The van der Waals surface area contributed by atoms with Gasteiger partial charge >= 0.3 is 0 Å². The Kier molecular flexibility index (Phi) is 2.07. The molecule has 0 unspecified atom stereocenters. The van der Waals surface area contributed by atoms with Crippen molar-refractivity contribution >= 4 is 0 Å². The number of rotatable bonds is 1. The van der Waals surface area contributed by atoms with Crippen molar-refractivity contribution in [2.24, 2.45) is 0 Å². The summed E-state index contributed by atoms with van der Waals surface area (Å²) in [6.07, 6.45) is 0. The monoisotopic (exact) mass is 181 g/mol. The molecule has 4 nitrogen and oxygen atoms in total. The molecule has 0 amide bonds. The fraction of sp³-hybridized carbons (Fsp3) is 0.778. The summed E-state index contributed by atoms with van der Waals surface area (Å²) in [6.45, 7) is 7.78. The Morgan fingerprint density at radius 1 is 1.46 bits per heavy atom. The lowest BCUT2D eigenvalue weighted by Gasteiger charge is -2.23. The molecular formula is C9H15N3O. The third kappa shape index (κ3) is 1.35. The molecule has 72 valence electrons. The van der Waals surface area contributed by atoms with E-state index in [9.17, 15) is 0 Å². The van der Waals surface area contributed by atoms with Gasteiger partial charge in [0.15, 0.2) is 5.82 Å². The van der Waals surface area contributed by atoms with Crippen LogP contribution < -0.4 is 0 Å². The molecule has 13 heavy (non-hydrogen) atoms. The van der Waals surface area contributed by atoms with Crippen LogP contribution in [0.15, 0.2) is 0 Å². The molecule has 1 aromatic heterocycles. The van der Waals surface area contributed by atoms with E-state index in [1.54, 1.807) is 0 Å². The van der Waals surface area contributed by atoms with Crippen LogP contribution in [0, 0.1) is 0 Å². The predicted octanol–water partition coefficient (Wildman–Crippen LogP) is 1.49. The summed E-state index contributed by atoms with van der Waals surface area (Å²) in [5.41, 5.74) is 0. The van der Waals surface area contributed by atoms with Gasteiger partial charge in [0.1, 0.15) is 12.4 Å². The van der Waals surface area contributed by atoms with Crippen LogP contribution in [0.1, 0.15) is 44.4 Å². The third-order valence-electron chi connectivity index (χ3n) is 2.34. The second-order valence-corrected chi connectivity index (χ2v) is 3.86. The summed E-state index contributed by atoms with van der Waals surface area (Å²) < 4.78 is 7.58. The smallest absolute Gasteiger partial charge is 0.159 e. The number of fused-ring (bicyclic) bond motifs is 1. The molecule has 1 aliphatic rings. The Bertz CT molecular complexity index is 306. The molecule has 0 spiro atoms. The Morgan fingerprint density at radius 2 is 2.23 bits per heavy atom. The fourth-order valence-electron chi connectivity index (χ4n) is 1.71. The van der Waals surface area contributed by atoms with Crippen molar-refractivity contribution in [3.8, 4) is 0 Å². The highest BCUT2D eigenvalue weighted by Crippen LogP contribution is 2.22. The molecule has 2 rings (SSSR count). The fourth-order valence-corrected chi connectivity index (χ4v) is 1.71. The standard InChI is InChI=1S/C9H15N3O/c1-6(2)9-11-10-8-5-13-4-7(3)12(8)9/h6-7H,4-5H2,1-3H3/t7-/m0/s1. The van der Waals surface area contributed by atoms with Crippen molar-refractivity contribution in [2.75, 3.05) is 6.61 Å². The van der Waals surface area contributed by atoms with Gasteiger partial charge in [-0.15, -0.1) is 10.2 Å². The zero-order chi connectivity index (χ0) is 9.42. The summed E-state index contributed by atoms with van der Waals surface area (Å²) in [6, 6.07) is 0.371. The SMILES string of the molecule is CC(C)c1nnc2n1[C@@H](C)COC2. The summed E-state index contributed by atoms with van der Waals surface area (Å²) >= 11 is 0. The number of aromatic nitrogens is 3. The van der Waals surface area contributed by atoms with Crippen LogP contribution >= 0.6 is 0 Å². The Balaban J connectivity index is 2.44. The second-order valence-electron chi connectivity index (χ2n) is 3.86. The van der Waals surface area contributed by atoms with Gasteiger partial charge in [0.2, 0.25) is 0 Å². The maximum absolute atomic E-state index is 5.38. The highest BCUT2D eigenvalue weighted by Gasteiger charge is 2.22. The Hall–Kier alpha value is -0.900. The van der Waals surface area contributed by atoms with Crippen molar-refractivity contribution < 1.29 is 4.74 Å². The highest BCUT2D eigenvalue weighted by molar-refractivity contribution is 5.03. The zero-order valence-electron chi connectivity index (χ0n) is 8.32. The number of hydrogen-bond donors (Lipinski definition) is 0. The van der Waals surface area contributed by atoms with E-state index in [2.05, 4.69) is 35.5 Å². The maximum Gasteiger partial charge on any atom is 0.159 e. The van der Waals surface area contributed by atoms with Crippen molar-refractivity contribution in [3.63, 3.8) is 0 Å². The molecule has 0 aromatic carbocycles. The molecule has 1 atom stereocenters. The van der Waals surface area contributed by atoms with Gasteiger partial charge in [-0.1, -0.05) is 13.8 Å². The molecular weight excluding hydrogens is 166 g/mol. The summed E-state index contributed by atoms with van der Waals surface area (Å²) in [4.78, 5) is 0. The van der Waals surface area contributed by atoms with Crippen molar-refractivity contribution in [1.82, 2.24) is 14.8 Å². The second kappa shape index (κ2) is 3.10. The largest absolute Gasteiger partial charge is 0.371 e. The van der Waals surface area contributed by atoms with E-state index in [4.69, 9.17) is 4.74 Å². The maximum atomic E-state index is 5.38. The molecule has 0 aliphatic carbocycles. The Labute approximate surface area is 77.9 Å². The van der Waals surface area contributed by atoms with Gasteiger partial charge in [-0.25, -0.2) is 0 Å². The van der Waals surface area contributed by atoms with Crippen molar-refractivity contribution in [2.45, 2.75) is 39.3 Å². The molecule has 4 heteroatoms. The van der Waals surface area contributed by atoms with Crippen molar-refractivity contribution in [3.05, 3.63) is 11.6 Å². The zero-order valence-corrected chi connectivity index (χ0v) is 8.32. The van der Waals surface area contributed by atoms with Crippen LogP contribution in [0.3, 0.4) is 0 Å². The van der Waals surface area contributed by atoms with Crippen molar-refractivity contribution in [1.29, 1.82) is 0 Å². The summed E-state index contributed by atoms with van der Waals surface area (Å²) in [7, 11) is 0. The number of ether oxygens (including phenoxy) is 1. The lowest BCUT2D eigenvalue weighted by molar-refractivity contribution is 0.0589. The predicted molar refractivity (Wildman–Crippen MR) is 48.5 cm³/mol. The minimum absolute atomic E-state index is 0.371. The molecule has 0 N–H and O–H groups in total. The van der Waals surface area contributed by atoms with E-state index in [1.165, 1.54) is 0 Å². The first-order valence-electron chi connectivity index (χ1n) is 4.71. The third-order valence-corrected chi connectivity index (χ3v) is 2.34. The first-order chi connectivity index (χ1) is 6.20. The first-order valence-corrected chi connectivity index (χ1v) is 4.71. The van der Waals surface area contributed by atoms with E-state index in [0.717, 1.165) is 18.3 Å². The van der Waals surface area contributed by atoms with Gasteiger partial charge < -0.3 is 9.30 Å². The average molecular weight is 181 g/mol. The quantitative estimate of drug-likeness (QED) is 0.659. The van der Waals surface area contributed by atoms with E-state index >= 15 is 0 Å². The van der Waals surface area contributed by atoms with Gasteiger partial charge in [-0.3, -0.25) is 0 Å². The molecule has 1 aromatic rings. The van der Waals surface area contributed by atoms with E-state index in [0.29, 0.717) is 18.6 Å². The topological polar surface area (TPSA) is 39.9 Å². The minimum atomic E-state index is 0.371. The van der Waals surface area contributed by atoms with Crippen LogP contribution in [0.4, 0.5) is 0 Å². The Morgan fingerprint density at radius 3 is 2.92 bits per heavy atom. The molecule has 0 radical (unpaired) electrons. The average Bonchev–Trinajstić information content (AvgIpc) is 2.49. The van der Waals surface area contributed by atoms with Crippen LogP contribution in [-0.4, -0.2) is 21.4 Å². The van der Waals surface area contributed by atoms with Gasteiger partial charge in [0.25, 0.3) is 0 Å². The normalized spacial score (nSPS) is 22.0. The van der Waals surface area contributed by atoms with Gasteiger partial charge in [-0.05, 0) is 6.92 Å². The van der Waals surface area contributed by atoms with Crippen LogP contribution in [-0.2, 0) is 11.3 Å². The molecule has 1 aliphatic heterocycles. The molecule has 0 saturated carbocycles. The van der Waals surface area contributed by atoms with Gasteiger partial charge in [-0.2, -0.15) is 0 Å². The minimum Gasteiger partial charge on any atom is -0.371 e.